The van der Waals surface area contributed by atoms with Crippen LogP contribution in [0.3, 0.4) is 0 Å². The minimum Gasteiger partial charge on any atom is -0.463 e. The van der Waals surface area contributed by atoms with Crippen molar-refractivity contribution in [2.24, 2.45) is 0 Å². The van der Waals surface area contributed by atoms with E-state index in [-0.39, 0.29) is 12.0 Å². The van der Waals surface area contributed by atoms with Crippen LogP contribution in [0.1, 0.15) is 180 Å². The van der Waals surface area contributed by atoms with Gasteiger partial charge in [-0.1, -0.05) is 70.8 Å². The largest absolute Gasteiger partial charge is 0.463 e. The summed E-state index contributed by atoms with van der Waals surface area (Å²) in [7, 11) is 0. The number of carbonyl (C=O) groups is 10. The quantitative estimate of drug-likeness (QED) is 0.0754. The molecule has 21 atom stereocenters. The Balaban J connectivity index is 1.80. The van der Waals surface area contributed by atoms with Crippen molar-refractivity contribution in [1.29, 1.82) is 0 Å². The van der Waals surface area contributed by atoms with Crippen LogP contribution in [0, 0.1) is 0 Å². The zero-order valence-electron chi connectivity index (χ0n) is 53.5. The van der Waals surface area contributed by atoms with Gasteiger partial charge in [-0.15, -0.1) is 0 Å². The highest BCUT2D eigenvalue weighted by molar-refractivity contribution is 5.87. The lowest BCUT2D eigenvalue weighted by atomic mass is 9.95. The average molecular weight is 1270 g/mol. The predicted octanol–water partition coefficient (Wildman–Crippen LogP) is 5.47. The molecular formula is C61H92O28. The van der Waals surface area contributed by atoms with Crippen LogP contribution in [0.2, 0.25) is 0 Å². The molecule has 0 aromatic heterocycles. The zero-order valence-corrected chi connectivity index (χ0v) is 53.5. The third-order valence-corrected chi connectivity index (χ3v) is 15.3. The van der Waals surface area contributed by atoms with Crippen LogP contribution in [0.15, 0.2) is 11.6 Å². The first-order chi connectivity index (χ1) is 42.1. The summed E-state index contributed by atoms with van der Waals surface area (Å²) in [5, 5.41) is 0. The number of hydrogen-bond donors (Lipinski definition) is 0. The van der Waals surface area contributed by atoms with Crippen molar-refractivity contribution in [3.8, 4) is 0 Å². The molecule has 0 saturated carbocycles. The summed E-state index contributed by atoms with van der Waals surface area (Å²) in [6.45, 7) is 17.6. The summed E-state index contributed by atoms with van der Waals surface area (Å²) in [6.07, 6.45) is -23.0. The Labute approximate surface area is 519 Å². The van der Waals surface area contributed by atoms with Gasteiger partial charge < -0.3 is 85.3 Å². The second-order valence-electron chi connectivity index (χ2n) is 22.9. The van der Waals surface area contributed by atoms with Crippen molar-refractivity contribution < 1.29 is 133 Å². The molecule has 5 heterocycles. The van der Waals surface area contributed by atoms with Crippen molar-refractivity contribution in [1.82, 2.24) is 0 Å². The molecule has 0 amide bonds. The van der Waals surface area contributed by atoms with Crippen molar-refractivity contribution in [3.05, 3.63) is 11.6 Å². The molecule has 0 spiro atoms. The first-order valence-corrected chi connectivity index (χ1v) is 30.7. The number of ether oxygens (including phenoxy) is 18. The second-order valence-corrected chi connectivity index (χ2v) is 22.9. The van der Waals surface area contributed by atoms with Gasteiger partial charge in [-0.25, -0.2) is 4.79 Å². The Morgan fingerprint density at radius 3 is 1.47 bits per heavy atom. The Bertz CT molecular complexity index is 2430. The van der Waals surface area contributed by atoms with Crippen LogP contribution < -0.4 is 0 Å². The molecule has 89 heavy (non-hydrogen) atoms. The third-order valence-electron chi connectivity index (χ3n) is 15.3. The Hall–Kier alpha value is -5.88. The van der Waals surface area contributed by atoms with Gasteiger partial charge in [0.15, 0.2) is 92.3 Å². The van der Waals surface area contributed by atoms with Gasteiger partial charge >= 0.3 is 59.7 Å². The Morgan fingerprint density at radius 1 is 0.449 bits per heavy atom. The van der Waals surface area contributed by atoms with E-state index in [1.807, 2.05) is 0 Å². The lowest BCUT2D eigenvalue weighted by molar-refractivity contribution is -0.399. The summed E-state index contributed by atoms with van der Waals surface area (Å²) in [6, 6.07) is 0. The molecular weight excluding hydrogens is 1180 g/mol. The van der Waals surface area contributed by atoms with Gasteiger partial charge in [0.2, 0.25) is 0 Å². The van der Waals surface area contributed by atoms with Gasteiger partial charge in [-0.05, 0) is 53.9 Å². The van der Waals surface area contributed by atoms with Crippen LogP contribution in [-0.4, -0.2) is 195 Å². The van der Waals surface area contributed by atoms with Gasteiger partial charge in [0.05, 0.1) is 24.4 Å². The number of unbranched alkanes of at least 4 members (excludes halogenated alkanes) is 2. The molecule has 5 saturated heterocycles. The van der Waals surface area contributed by atoms with E-state index in [0.717, 1.165) is 107 Å². The van der Waals surface area contributed by atoms with Crippen molar-refractivity contribution >= 4 is 59.7 Å². The molecule has 5 rings (SSSR count). The Morgan fingerprint density at radius 2 is 0.910 bits per heavy atom. The summed E-state index contributed by atoms with van der Waals surface area (Å²) in [5.41, 5.74) is 0.0332. The van der Waals surface area contributed by atoms with Crippen molar-refractivity contribution in [2.45, 2.75) is 309 Å². The average Bonchev–Trinajstić information content (AvgIpc) is 0.818. The topological polar surface area (TPSA) is 337 Å². The fourth-order valence-electron chi connectivity index (χ4n) is 11.3. The van der Waals surface area contributed by atoms with E-state index >= 15 is 0 Å². The number of hydrogen-bond acceptors (Lipinski definition) is 28. The molecule has 0 aromatic rings. The second kappa shape index (κ2) is 35.6. The van der Waals surface area contributed by atoms with Crippen LogP contribution >= 0.6 is 0 Å². The maximum atomic E-state index is 14.5. The monoisotopic (exact) mass is 1270 g/mol. The van der Waals surface area contributed by atoms with Crippen LogP contribution in [0.5, 0.6) is 0 Å². The molecule has 2 bridgehead atoms. The van der Waals surface area contributed by atoms with Crippen LogP contribution in [0.25, 0.3) is 0 Å². The molecule has 504 valence electrons. The normalized spacial score (nSPS) is 35.1. The smallest absolute Gasteiger partial charge is 0.333 e. The standard InChI is InChI=1S/C61H92O28/c1-15-17-23-26-42-27-24-21-19-18-20-22-25-28-44(70)85-51-47(87-59-53(82-41(14)69)49(79-38(11)66)45(32(5)74-59)76-35(8)63)33(6)75-60(54(51)86-57(71)30(3)16-2)88-56-52(81-40(13)68)48(78-37(10)65)43(29-72-34(7)62)84-61(56)89-55-50(80-39(12)67)46(77-36(9)64)31(4)73-58(55)83-42/h16,31-33,42-43,45-56,58-61H,15,17-29H2,1-14H3/b30-16+/t31-,32-,33+,42+,43-,45-,46-,47+,48-,49+,50+,51-,52+,53-,54-,55-,56-,58+,59+,60+,61+/m1/s1. The van der Waals surface area contributed by atoms with Crippen molar-refractivity contribution in [2.75, 3.05) is 6.61 Å². The molecule has 5 fully saturated rings. The fraction of sp³-hybridized carbons (Fsp3) is 0.803. The van der Waals surface area contributed by atoms with Gasteiger partial charge in [0.1, 0.15) is 18.8 Å². The zero-order chi connectivity index (χ0) is 65.8. The number of rotatable bonds is 17. The van der Waals surface area contributed by atoms with E-state index in [4.69, 9.17) is 85.3 Å². The summed E-state index contributed by atoms with van der Waals surface area (Å²) >= 11 is 0. The molecule has 0 N–H and O–H groups in total. The number of allylic oxidation sites excluding steroid dienone is 1. The molecule has 5 aliphatic rings. The minimum atomic E-state index is -2.00. The third kappa shape index (κ3) is 22.2. The van der Waals surface area contributed by atoms with E-state index < -0.39 is 195 Å². The fourth-order valence-corrected chi connectivity index (χ4v) is 11.3. The van der Waals surface area contributed by atoms with E-state index in [1.165, 1.54) is 26.8 Å². The van der Waals surface area contributed by atoms with E-state index in [1.54, 1.807) is 13.8 Å². The van der Waals surface area contributed by atoms with E-state index in [9.17, 15) is 47.9 Å². The molecule has 28 nitrogen and oxygen atoms in total. The molecule has 0 unspecified atom stereocenters. The van der Waals surface area contributed by atoms with Gasteiger partial charge in [0, 0.05) is 67.4 Å². The lowest BCUT2D eigenvalue weighted by Crippen LogP contribution is -2.69. The van der Waals surface area contributed by atoms with Crippen LogP contribution in [-0.2, 0) is 133 Å². The summed E-state index contributed by atoms with van der Waals surface area (Å²) in [5.74, 6) is -8.76. The van der Waals surface area contributed by atoms with E-state index in [2.05, 4.69) is 6.92 Å². The molecule has 5 aliphatic heterocycles. The SMILES string of the molecule is C/C=C(\C)C(=O)O[C@H]1[C@@H]2O[C@H]3[C@H](O[C@H]4[C@H](O[C@@H](CCCCC)CCCCCCCCCC(=O)O[C@@H]1[C@@H](O[C@@H]1O[C@H](C)[C@@H](OC(C)=O)[C@H](OC(C)=O)[C@H]1OC(C)=O)[C@H](C)O2)O[C@H](C)[C@@H](OC(C)=O)[C@@H]4OC(C)=O)O[C@H](COC(C)=O)[C@@H](OC(C)=O)[C@@H]3OC(C)=O. The maximum Gasteiger partial charge on any atom is 0.333 e. The minimum absolute atomic E-state index is 0.0332. The van der Waals surface area contributed by atoms with Crippen LogP contribution in [0.4, 0.5) is 0 Å². The van der Waals surface area contributed by atoms with Gasteiger partial charge in [-0.2, -0.15) is 0 Å². The summed E-state index contributed by atoms with van der Waals surface area (Å²) < 4.78 is 112. The van der Waals surface area contributed by atoms with Crippen molar-refractivity contribution in [3.63, 3.8) is 0 Å². The first kappa shape index (κ1) is 73.9. The molecule has 0 aliphatic carbocycles. The van der Waals surface area contributed by atoms with Gasteiger partial charge in [0.25, 0.3) is 0 Å². The molecule has 0 radical (unpaired) electrons. The maximum absolute atomic E-state index is 14.5. The lowest BCUT2D eigenvalue weighted by Gasteiger charge is -2.51. The highest BCUT2D eigenvalue weighted by atomic mass is 16.8. The number of esters is 10. The predicted molar refractivity (Wildman–Crippen MR) is 302 cm³/mol. The number of carbonyl (C=O) groups excluding carboxylic acids is 10. The first-order valence-electron chi connectivity index (χ1n) is 30.7. The van der Waals surface area contributed by atoms with E-state index in [0.29, 0.717) is 25.7 Å². The number of fused-ring (bicyclic) bond motifs is 4. The van der Waals surface area contributed by atoms with Gasteiger partial charge in [-0.3, -0.25) is 43.2 Å². The summed E-state index contributed by atoms with van der Waals surface area (Å²) in [4.78, 5) is 132. The molecule has 28 heteroatoms. The Kier molecular flexibility index (Phi) is 29.6. The highest BCUT2D eigenvalue weighted by Gasteiger charge is 2.61. The molecule has 0 aromatic carbocycles. The highest BCUT2D eigenvalue weighted by Crippen LogP contribution is 2.41.